The van der Waals surface area contributed by atoms with Gasteiger partial charge >= 0.3 is 6.09 Å². The fourth-order valence-electron chi connectivity index (χ4n) is 2.87. The quantitative estimate of drug-likeness (QED) is 0.932. The van der Waals surface area contributed by atoms with Crippen LogP contribution in [0.4, 0.5) is 4.79 Å². The predicted octanol–water partition coefficient (Wildman–Crippen LogP) is 3.27. The molecule has 0 bridgehead atoms. The Balaban J connectivity index is 1.60. The molecule has 1 N–H and O–H groups in total. The second-order valence-electron chi connectivity index (χ2n) is 5.99. The highest BCUT2D eigenvalue weighted by Gasteiger charge is 2.18. The third-order valence-electron chi connectivity index (χ3n) is 4.02. The first kappa shape index (κ1) is 14.9. The van der Waals surface area contributed by atoms with E-state index >= 15 is 0 Å². The molecular formula is C17H22N2O3. The first-order valence-corrected chi connectivity index (χ1v) is 8.00. The number of ether oxygens (including phenoxy) is 2. The number of rotatable bonds is 3. The topological polar surface area (TPSA) is 59.9 Å². The van der Waals surface area contributed by atoms with E-state index in [1.54, 1.807) is 12.1 Å². The van der Waals surface area contributed by atoms with E-state index in [1.165, 1.54) is 19.3 Å². The molecule has 1 aliphatic heterocycles. The molecule has 3 rings (SSSR count). The van der Waals surface area contributed by atoms with E-state index in [0.29, 0.717) is 18.3 Å². The standard InChI is InChI=1S/C17H22N2O3/c1-12-11-21-16(18-12)13-6-5-9-15(10-13)22-17(20)19-14-7-3-2-4-8-14/h5-6,9-10,12,14H,2-4,7-8,11H2,1H3,(H,19,20)/t12-/m0/s1. The maximum atomic E-state index is 12.0. The van der Waals surface area contributed by atoms with Crippen LogP contribution in [0.3, 0.4) is 0 Å². The fourth-order valence-corrected chi connectivity index (χ4v) is 2.87. The van der Waals surface area contributed by atoms with E-state index in [1.807, 2.05) is 19.1 Å². The molecule has 1 amide bonds. The van der Waals surface area contributed by atoms with Crippen molar-refractivity contribution in [1.29, 1.82) is 0 Å². The zero-order chi connectivity index (χ0) is 15.4. The van der Waals surface area contributed by atoms with Crippen molar-refractivity contribution in [3.63, 3.8) is 0 Å². The first-order chi connectivity index (χ1) is 10.7. The number of hydrogen-bond acceptors (Lipinski definition) is 4. The summed E-state index contributed by atoms with van der Waals surface area (Å²) in [6, 6.07) is 7.72. The van der Waals surface area contributed by atoms with Crippen molar-refractivity contribution in [2.45, 2.75) is 51.1 Å². The SMILES string of the molecule is C[C@H]1COC(c2cccc(OC(=O)NC3CCCCC3)c2)=N1. The number of nitrogens with zero attached hydrogens (tertiary/aromatic N) is 1. The largest absolute Gasteiger partial charge is 0.475 e. The van der Waals surface area contributed by atoms with E-state index in [-0.39, 0.29) is 18.2 Å². The van der Waals surface area contributed by atoms with Crippen LogP contribution in [0.5, 0.6) is 5.75 Å². The molecule has 1 atom stereocenters. The van der Waals surface area contributed by atoms with Gasteiger partial charge in [0.2, 0.25) is 5.90 Å². The molecule has 5 heteroatoms. The van der Waals surface area contributed by atoms with Crippen LogP contribution in [0.2, 0.25) is 0 Å². The molecule has 0 unspecified atom stereocenters. The van der Waals surface area contributed by atoms with E-state index in [2.05, 4.69) is 10.3 Å². The number of hydrogen-bond donors (Lipinski definition) is 1. The van der Waals surface area contributed by atoms with Crippen molar-refractivity contribution in [1.82, 2.24) is 5.32 Å². The van der Waals surface area contributed by atoms with Gasteiger partial charge in [0.05, 0.1) is 6.04 Å². The summed E-state index contributed by atoms with van der Waals surface area (Å²) in [5.41, 5.74) is 0.840. The van der Waals surface area contributed by atoms with Crippen molar-refractivity contribution >= 4 is 12.0 Å². The lowest BCUT2D eigenvalue weighted by molar-refractivity contribution is 0.192. The van der Waals surface area contributed by atoms with Gasteiger partial charge in [-0.2, -0.15) is 0 Å². The van der Waals surface area contributed by atoms with Crippen LogP contribution in [0.1, 0.15) is 44.6 Å². The lowest BCUT2D eigenvalue weighted by Gasteiger charge is -2.22. The Hall–Kier alpha value is -2.04. The third kappa shape index (κ3) is 3.78. The molecule has 1 aromatic carbocycles. The monoisotopic (exact) mass is 302 g/mol. The van der Waals surface area contributed by atoms with Gasteiger partial charge in [0, 0.05) is 11.6 Å². The maximum absolute atomic E-state index is 12.0. The van der Waals surface area contributed by atoms with Crippen LogP contribution in [-0.2, 0) is 4.74 Å². The van der Waals surface area contributed by atoms with Crippen LogP contribution in [0.15, 0.2) is 29.3 Å². The van der Waals surface area contributed by atoms with E-state index < -0.39 is 0 Å². The summed E-state index contributed by atoms with van der Waals surface area (Å²) in [6.07, 6.45) is 5.31. The van der Waals surface area contributed by atoms with E-state index in [0.717, 1.165) is 18.4 Å². The minimum Gasteiger partial charge on any atom is -0.475 e. The van der Waals surface area contributed by atoms with Crippen molar-refractivity contribution in [3.05, 3.63) is 29.8 Å². The molecule has 0 aromatic heterocycles. The molecule has 0 saturated heterocycles. The number of amides is 1. The average Bonchev–Trinajstić information content (AvgIpc) is 2.95. The third-order valence-corrected chi connectivity index (χ3v) is 4.02. The Morgan fingerprint density at radius 1 is 1.32 bits per heavy atom. The van der Waals surface area contributed by atoms with Crippen molar-refractivity contribution < 1.29 is 14.3 Å². The zero-order valence-corrected chi connectivity index (χ0v) is 12.9. The molecular weight excluding hydrogens is 280 g/mol. The molecule has 1 fully saturated rings. The van der Waals surface area contributed by atoms with Gasteiger partial charge in [-0.25, -0.2) is 9.79 Å². The van der Waals surface area contributed by atoms with Gasteiger partial charge < -0.3 is 14.8 Å². The molecule has 1 heterocycles. The Morgan fingerprint density at radius 3 is 2.86 bits per heavy atom. The normalized spacial score (nSPS) is 21.9. The first-order valence-electron chi connectivity index (χ1n) is 8.00. The summed E-state index contributed by atoms with van der Waals surface area (Å²) < 4.78 is 10.9. The van der Waals surface area contributed by atoms with E-state index in [9.17, 15) is 4.79 Å². The second-order valence-corrected chi connectivity index (χ2v) is 5.99. The highest BCUT2D eigenvalue weighted by atomic mass is 16.6. The summed E-state index contributed by atoms with van der Waals surface area (Å²) in [7, 11) is 0. The van der Waals surface area contributed by atoms with Gasteiger partial charge in [0.25, 0.3) is 0 Å². The number of nitrogens with one attached hydrogen (secondary N) is 1. The molecule has 5 nitrogen and oxygen atoms in total. The number of carbonyl (C=O) groups excluding carboxylic acids is 1. The van der Waals surface area contributed by atoms with Gasteiger partial charge in [-0.3, -0.25) is 0 Å². The molecule has 1 saturated carbocycles. The summed E-state index contributed by atoms with van der Waals surface area (Å²) in [5.74, 6) is 1.13. The second kappa shape index (κ2) is 6.81. The summed E-state index contributed by atoms with van der Waals surface area (Å²) in [4.78, 5) is 16.4. The minimum atomic E-state index is -0.383. The Morgan fingerprint density at radius 2 is 2.14 bits per heavy atom. The molecule has 22 heavy (non-hydrogen) atoms. The van der Waals surface area contributed by atoms with Gasteiger partial charge in [0.1, 0.15) is 12.4 Å². The van der Waals surface area contributed by atoms with Crippen molar-refractivity contribution in [2.24, 2.45) is 4.99 Å². The van der Waals surface area contributed by atoms with Gasteiger partial charge in [-0.05, 0) is 38.0 Å². The molecule has 2 aliphatic rings. The number of aliphatic imine (C=N–C) groups is 1. The molecule has 0 spiro atoms. The van der Waals surface area contributed by atoms with Crippen molar-refractivity contribution in [3.8, 4) is 5.75 Å². The van der Waals surface area contributed by atoms with Crippen LogP contribution < -0.4 is 10.1 Å². The van der Waals surface area contributed by atoms with Crippen molar-refractivity contribution in [2.75, 3.05) is 6.61 Å². The molecule has 1 aliphatic carbocycles. The minimum absolute atomic E-state index is 0.175. The summed E-state index contributed by atoms with van der Waals surface area (Å²) >= 11 is 0. The lowest BCUT2D eigenvalue weighted by Crippen LogP contribution is -2.38. The smallest absolute Gasteiger partial charge is 0.412 e. The highest BCUT2D eigenvalue weighted by molar-refractivity contribution is 5.95. The van der Waals surface area contributed by atoms with Crippen LogP contribution >= 0.6 is 0 Å². The Labute approximate surface area is 130 Å². The van der Waals surface area contributed by atoms with Crippen LogP contribution in [0.25, 0.3) is 0 Å². The fraction of sp³-hybridized carbons (Fsp3) is 0.529. The summed E-state index contributed by atoms with van der Waals surface area (Å²) in [6.45, 7) is 2.60. The highest BCUT2D eigenvalue weighted by Crippen LogP contribution is 2.20. The predicted molar refractivity (Wildman–Crippen MR) is 84.4 cm³/mol. The van der Waals surface area contributed by atoms with E-state index in [4.69, 9.17) is 9.47 Å². The van der Waals surface area contributed by atoms with Gasteiger partial charge in [0.15, 0.2) is 0 Å². The van der Waals surface area contributed by atoms with Crippen LogP contribution in [-0.4, -0.2) is 30.7 Å². The average molecular weight is 302 g/mol. The summed E-state index contributed by atoms with van der Waals surface area (Å²) in [5, 5.41) is 2.94. The molecule has 0 radical (unpaired) electrons. The Kier molecular flexibility index (Phi) is 4.61. The maximum Gasteiger partial charge on any atom is 0.412 e. The van der Waals surface area contributed by atoms with Gasteiger partial charge in [-0.1, -0.05) is 25.3 Å². The number of benzene rings is 1. The molecule has 118 valence electrons. The van der Waals surface area contributed by atoms with Gasteiger partial charge in [-0.15, -0.1) is 0 Å². The molecule has 1 aromatic rings. The van der Waals surface area contributed by atoms with Crippen LogP contribution in [0, 0.1) is 0 Å². The number of carbonyl (C=O) groups is 1. The lowest BCUT2D eigenvalue weighted by atomic mass is 9.96. The zero-order valence-electron chi connectivity index (χ0n) is 12.9. The Bertz CT molecular complexity index is 565.